The van der Waals surface area contributed by atoms with E-state index in [4.69, 9.17) is 0 Å². The Kier molecular flexibility index (Phi) is 6.74. The minimum atomic E-state index is 0.172. The number of hydrogen-bond acceptors (Lipinski definition) is 3. The van der Waals surface area contributed by atoms with Crippen LogP contribution in [0.25, 0.3) is 0 Å². The topological polar surface area (TPSA) is 20.3 Å². The molecule has 0 unspecified atom stereocenters. The first kappa shape index (κ1) is 16.8. The van der Waals surface area contributed by atoms with Crippen LogP contribution in [0.5, 0.6) is 0 Å². The number of nitrogens with zero attached hydrogens (tertiary/aromatic N) is 1. The summed E-state index contributed by atoms with van der Waals surface area (Å²) in [6.07, 6.45) is 1.79. The third-order valence-corrected chi connectivity index (χ3v) is 5.09. The monoisotopic (exact) mass is 331 g/mol. The lowest BCUT2D eigenvalue weighted by molar-refractivity contribution is -0.128. The van der Waals surface area contributed by atoms with Crippen LogP contribution < -0.4 is 0 Å². The van der Waals surface area contributed by atoms with Gasteiger partial charge in [-0.25, -0.2) is 0 Å². The molecule has 116 valence electrons. The number of thiophene rings is 1. The molecule has 0 bridgehead atoms. The molecular formula is C18H21NOS2. The predicted molar refractivity (Wildman–Crippen MR) is 97.3 cm³/mol. The van der Waals surface area contributed by atoms with Crippen molar-refractivity contribution in [3.63, 3.8) is 0 Å². The minimum absolute atomic E-state index is 0.172. The molecule has 0 fully saturated rings. The van der Waals surface area contributed by atoms with E-state index >= 15 is 0 Å². The summed E-state index contributed by atoms with van der Waals surface area (Å²) in [7, 11) is 0. The Hall–Kier alpha value is -1.52. The molecule has 0 spiro atoms. The Labute approximate surface area is 140 Å². The van der Waals surface area contributed by atoms with E-state index in [0.29, 0.717) is 18.8 Å². The fraction of sp³-hybridized carbons (Fsp3) is 0.278. The largest absolute Gasteiger partial charge is 0.333 e. The van der Waals surface area contributed by atoms with Crippen molar-refractivity contribution in [3.8, 4) is 0 Å². The van der Waals surface area contributed by atoms with Crippen molar-refractivity contribution in [2.45, 2.75) is 19.2 Å². The number of hydrogen-bond donors (Lipinski definition) is 0. The highest BCUT2D eigenvalue weighted by Crippen LogP contribution is 2.16. The van der Waals surface area contributed by atoms with Crippen molar-refractivity contribution in [2.75, 3.05) is 12.3 Å². The van der Waals surface area contributed by atoms with Gasteiger partial charge in [0.25, 0.3) is 0 Å². The van der Waals surface area contributed by atoms with Crippen molar-refractivity contribution in [3.05, 3.63) is 70.4 Å². The third-order valence-electron chi connectivity index (χ3n) is 3.24. The zero-order valence-corrected chi connectivity index (χ0v) is 14.5. The summed E-state index contributed by atoms with van der Waals surface area (Å²) < 4.78 is 0. The van der Waals surface area contributed by atoms with Gasteiger partial charge in [-0.05, 0) is 23.9 Å². The first-order chi connectivity index (χ1) is 10.7. The van der Waals surface area contributed by atoms with Crippen LogP contribution in [-0.4, -0.2) is 23.1 Å². The summed E-state index contributed by atoms with van der Waals surface area (Å²) in [6, 6.07) is 12.5. The number of amides is 1. The molecule has 4 heteroatoms. The predicted octanol–water partition coefficient (Wildman–Crippen LogP) is 4.50. The second-order valence-corrected chi connectivity index (χ2v) is 7.14. The minimum Gasteiger partial charge on any atom is -0.333 e. The SMILES string of the molecule is C=CCN(Cc1cccs1)C(=O)CSCc1ccc(C)cc1. The average molecular weight is 332 g/mol. The molecular weight excluding hydrogens is 310 g/mol. The molecule has 0 saturated heterocycles. The Bertz CT molecular complexity index is 590. The van der Waals surface area contributed by atoms with Crippen LogP contribution in [0.3, 0.4) is 0 Å². The fourth-order valence-corrected chi connectivity index (χ4v) is 3.64. The highest BCUT2D eigenvalue weighted by molar-refractivity contribution is 7.99. The van der Waals surface area contributed by atoms with Crippen LogP contribution >= 0.6 is 23.1 Å². The zero-order valence-electron chi connectivity index (χ0n) is 12.8. The number of benzene rings is 1. The second kappa shape index (κ2) is 8.81. The second-order valence-electron chi connectivity index (χ2n) is 5.12. The molecule has 0 aliphatic carbocycles. The summed E-state index contributed by atoms with van der Waals surface area (Å²) in [5, 5.41) is 2.04. The summed E-state index contributed by atoms with van der Waals surface area (Å²) >= 11 is 3.35. The number of carbonyl (C=O) groups excluding carboxylic acids is 1. The van der Waals surface area contributed by atoms with Crippen molar-refractivity contribution in [1.29, 1.82) is 0 Å². The Morgan fingerprint density at radius 3 is 2.73 bits per heavy atom. The molecule has 0 N–H and O–H groups in total. The lowest BCUT2D eigenvalue weighted by atomic mass is 10.2. The van der Waals surface area contributed by atoms with Gasteiger partial charge >= 0.3 is 0 Å². The van der Waals surface area contributed by atoms with Gasteiger partial charge in [0.2, 0.25) is 5.91 Å². The molecule has 0 radical (unpaired) electrons. The molecule has 0 aliphatic rings. The lowest BCUT2D eigenvalue weighted by Crippen LogP contribution is -2.31. The Morgan fingerprint density at radius 1 is 1.32 bits per heavy atom. The summed E-state index contributed by atoms with van der Waals surface area (Å²) in [5.41, 5.74) is 2.52. The first-order valence-corrected chi connectivity index (χ1v) is 9.27. The van der Waals surface area contributed by atoms with Crippen LogP contribution in [0.4, 0.5) is 0 Å². The van der Waals surface area contributed by atoms with E-state index in [9.17, 15) is 4.79 Å². The molecule has 0 atom stereocenters. The highest BCUT2D eigenvalue weighted by Gasteiger charge is 2.13. The summed E-state index contributed by atoms with van der Waals surface area (Å²) in [5.74, 6) is 1.55. The smallest absolute Gasteiger partial charge is 0.233 e. The number of rotatable bonds is 8. The van der Waals surface area contributed by atoms with Gasteiger partial charge in [0.05, 0.1) is 12.3 Å². The Morgan fingerprint density at radius 2 is 2.09 bits per heavy atom. The van der Waals surface area contributed by atoms with Gasteiger partial charge in [-0.2, -0.15) is 0 Å². The van der Waals surface area contributed by atoms with Crippen molar-refractivity contribution in [1.82, 2.24) is 4.90 Å². The van der Waals surface area contributed by atoms with Crippen LogP contribution in [0, 0.1) is 6.92 Å². The van der Waals surface area contributed by atoms with E-state index < -0.39 is 0 Å². The van der Waals surface area contributed by atoms with Crippen LogP contribution in [-0.2, 0) is 17.1 Å². The number of carbonyl (C=O) groups is 1. The summed E-state index contributed by atoms with van der Waals surface area (Å²) in [4.78, 5) is 15.4. The number of aryl methyl sites for hydroxylation is 1. The summed E-state index contributed by atoms with van der Waals surface area (Å²) in [6.45, 7) is 7.11. The van der Waals surface area contributed by atoms with Crippen molar-refractivity contribution < 1.29 is 4.79 Å². The molecule has 2 rings (SSSR count). The van der Waals surface area contributed by atoms with Gasteiger partial charge in [0.15, 0.2) is 0 Å². The van der Waals surface area contributed by atoms with Gasteiger partial charge in [-0.15, -0.1) is 29.7 Å². The molecule has 0 aliphatic heterocycles. The quantitative estimate of drug-likeness (QED) is 0.664. The van der Waals surface area contributed by atoms with E-state index in [1.807, 2.05) is 16.3 Å². The maximum absolute atomic E-state index is 12.4. The highest BCUT2D eigenvalue weighted by atomic mass is 32.2. The molecule has 1 amide bonds. The van der Waals surface area contributed by atoms with E-state index in [-0.39, 0.29) is 5.91 Å². The maximum Gasteiger partial charge on any atom is 0.233 e. The molecule has 22 heavy (non-hydrogen) atoms. The molecule has 1 heterocycles. The van der Waals surface area contributed by atoms with Crippen LogP contribution in [0.15, 0.2) is 54.4 Å². The van der Waals surface area contributed by atoms with E-state index in [0.717, 1.165) is 5.75 Å². The Balaban J connectivity index is 1.82. The van der Waals surface area contributed by atoms with E-state index in [1.54, 1.807) is 29.2 Å². The van der Waals surface area contributed by atoms with E-state index in [1.165, 1.54) is 16.0 Å². The van der Waals surface area contributed by atoms with Crippen molar-refractivity contribution >= 4 is 29.0 Å². The zero-order chi connectivity index (χ0) is 15.8. The fourth-order valence-electron chi connectivity index (χ4n) is 2.03. The molecule has 0 saturated carbocycles. The number of thioether (sulfide) groups is 1. The molecule has 2 nitrogen and oxygen atoms in total. The molecule has 1 aromatic heterocycles. The van der Waals surface area contributed by atoms with Gasteiger partial charge in [-0.3, -0.25) is 4.79 Å². The maximum atomic E-state index is 12.4. The standard InChI is InChI=1S/C18H21NOS2/c1-3-10-19(12-17-5-4-11-22-17)18(20)14-21-13-16-8-6-15(2)7-9-16/h3-9,11H,1,10,12-14H2,2H3. The van der Waals surface area contributed by atoms with Crippen molar-refractivity contribution in [2.24, 2.45) is 0 Å². The van der Waals surface area contributed by atoms with E-state index in [2.05, 4.69) is 43.8 Å². The van der Waals surface area contributed by atoms with Gasteiger partial charge in [-0.1, -0.05) is 42.0 Å². The van der Waals surface area contributed by atoms with Gasteiger partial charge < -0.3 is 4.90 Å². The molecule has 1 aromatic carbocycles. The van der Waals surface area contributed by atoms with Gasteiger partial charge in [0.1, 0.15) is 0 Å². The first-order valence-electron chi connectivity index (χ1n) is 7.23. The third kappa shape index (κ3) is 5.35. The van der Waals surface area contributed by atoms with Crippen LogP contribution in [0.2, 0.25) is 0 Å². The molecule has 2 aromatic rings. The lowest BCUT2D eigenvalue weighted by Gasteiger charge is -2.20. The normalized spacial score (nSPS) is 10.4. The van der Waals surface area contributed by atoms with Gasteiger partial charge in [0, 0.05) is 17.2 Å². The van der Waals surface area contributed by atoms with Crippen LogP contribution in [0.1, 0.15) is 16.0 Å². The average Bonchev–Trinajstić information content (AvgIpc) is 3.02.